The summed E-state index contributed by atoms with van der Waals surface area (Å²) in [4.78, 5) is 81.1. The predicted octanol–water partition coefficient (Wildman–Crippen LogP) is 4.15. The van der Waals surface area contributed by atoms with Gasteiger partial charge in [-0.3, -0.25) is 34.2 Å². The van der Waals surface area contributed by atoms with Crippen molar-refractivity contribution in [3.05, 3.63) is 106 Å². The van der Waals surface area contributed by atoms with E-state index in [4.69, 9.17) is 14.7 Å². The van der Waals surface area contributed by atoms with Gasteiger partial charge in [0.2, 0.25) is 17.8 Å². The standard InChI is InChI=1S/C42H43N9O7/c1-4-21-49-38(54)29-24-43-41(47-36(29)51(49)32-17-11-25-19-20-42(57,5-2)35(25)45-32)44-26-12-14-27(15-13-26)48(3)22-6-7-23-58-31-10-8-9-28-34(31)40(56)50(39(28)55)30-16-18-33(52)46-37(30)53/h4,8-15,17,24,30,57H,1,5-7,16,18-23H2,2-3H3,(H,43,44,47)(H,46,52,53)/t30?,42-/m1/s1. The van der Waals surface area contributed by atoms with Crippen molar-refractivity contribution in [1.82, 2.24) is 34.5 Å². The second-order valence-electron chi connectivity index (χ2n) is 14.8. The van der Waals surface area contributed by atoms with E-state index in [2.05, 4.69) is 27.1 Å². The Bertz CT molecular complexity index is 2550. The Kier molecular flexibility index (Phi) is 10.1. The number of pyridine rings is 1. The van der Waals surface area contributed by atoms with E-state index in [1.165, 1.54) is 10.9 Å². The number of imide groups is 2. The highest BCUT2D eigenvalue weighted by molar-refractivity contribution is 6.24. The molecule has 1 saturated heterocycles. The third kappa shape index (κ3) is 6.78. The van der Waals surface area contributed by atoms with Crippen molar-refractivity contribution in [3.8, 4) is 11.6 Å². The summed E-state index contributed by atoms with van der Waals surface area (Å²) in [5.74, 6) is -1.21. The quantitative estimate of drug-likeness (QED) is 0.0829. The largest absolute Gasteiger partial charge is 0.493 e. The number of ether oxygens (including phenoxy) is 1. The minimum absolute atomic E-state index is 0.0497. The Morgan fingerprint density at radius 2 is 1.84 bits per heavy atom. The molecule has 8 rings (SSSR count). The fourth-order valence-electron chi connectivity index (χ4n) is 7.91. The van der Waals surface area contributed by atoms with Gasteiger partial charge in [0, 0.05) is 37.6 Å². The van der Waals surface area contributed by atoms with Gasteiger partial charge in [-0.05, 0) is 86.6 Å². The molecule has 16 heteroatoms. The molecule has 58 heavy (non-hydrogen) atoms. The first-order chi connectivity index (χ1) is 28.0. The molecular formula is C42H43N9O7. The van der Waals surface area contributed by atoms with Crippen molar-refractivity contribution in [1.29, 1.82) is 0 Å². The van der Waals surface area contributed by atoms with E-state index in [1.54, 1.807) is 29.0 Å². The third-order valence-electron chi connectivity index (χ3n) is 11.1. The molecule has 3 aliphatic rings. The lowest BCUT2D eigenvalue weighted by molar-refractivity contribution is -0.136. The maximum atomic E-state index is 13.5. The normalized spacial score (nSPS) is 18.7. The van der Waals surface area contributed by atoms with Crippen LogP contribution in [-0.4, -0.2) is 84.2 Å². The molecule has 5 heterocycles. The van der Waals surface area contributed by atoms with Crippen molar-refractivity contribution in [2.45, 2.75) is 70.1 Å². The molecule has 3 aromatic heterocycles. The zero-order chi connectivity index (χ0) is 40.7. The number of allylic oxidation sites excluding steroid dienone is 1. The van der Waals surface area contributed by atoms with Crippen molar-refractivity contribution in [2.24, 2.45) is 0 Å². The van der Waals surface area contributed by atoms with Gasteiger partial charge in [0.05, 0.1) is 30.0 Å². The second-order valence-corrected chi connectivity index (χ2v) is 14.8. The highest BCUT2D eigenvalue weighted by Gasteiger charge is 2.46. The maximum Gasteiger partial charge on any atom is 0.278 e. The molecule has 2 aliphatic heterocycles. The van der Waals surface area contributed by atoms with E-state index < -0.39 is 35.3 Å². The van der Waals surface area contributed by atoms with Gasteiger partial charge in [0.1, 0.15) is 22.8 Å². The molecular weight excluding hydrogens is 743 g/mol. The van der Waals surface area contributed by atoms with Crippen LogP contribution in [0.25, 0.3) is 16.9 Å². The number of hydrogen-bond donors (Lipinski definition) is 3. The number of benzene rings is 2. The molecule has 5 aromatic rings. The van der Waals surface area contributed by atoms with Crippen LogP contribution in [0.3, 0.4) is 0 Å². The first-order valence-corrected chi connectivity index (χ1v) is 19.4. The fraction of sp³-hybridized carbons (Fsp3) is 0.333. The maximum absolute atomic E-state index is 13.5. The summed E-state index contributed by atoms with van der Waals surface area (Å²) in [5, 5.41) is 17.0. The molecule has 0 saturated carbocycles. The molecule has 2 atom stereocenters. The molecule has 2 aromatic carbocycles. The molecule has 3 N–H and O–H groups in total. The van der Waals surface area contributed by atoms with E-state index in [-0.39, 0.29) is 41.8 Å². The van der Waals surface area contributed by atoms with Crippen LogP contribution in [0.5, 0.6) is 5.75 Å². The van der Waals surface area contributed by atoms with E-state index in [0.29, 0.717) is 54.4 Å². The number of aromatic nitrogens is 5. The van der Waals surface area contributed by atoms with Crippen LogP contribution >= 0.6 is 0 Å². The van der Waals surface area contributed by atoms with Crippen molar-refractivity contribution >= 4 is 52.0 Å². The van der Waals surface area contributed by atoms with E-state index in [0.717, 1.165) is 41.2 Å². The zero-order valence-electron chi connectivity index (χ0n) is 32.2. The number of nitrogens with one attached hydrogen (secondary N) is 2. The topological polar surface area (TPSA) is 194 Å². The number of aryl methyl sites for hydroxylation is 1. The Balaban J connectivity index is 0.893. The van der Waals surface area contributed by atoms with Crippen molar-refractivity contribution < 1.29 is 29.0 Å². The molecule has 298 valence electrons. The number of carbonyl (C=O) groups excluding carboxylic acids is 4. The Morgan fingerprint density at radius 3 is 2.60 bits per heavy atom. The minimum Gasteiger partial charge on any atom is -0.493 e. The first kappa shape index (κ1) is 38.2. The summed E-state index contributed by atoms with van der Waals surface area (Å²) in [6.07, 6.45) is 6.59. The zero-order valence-corrected chi connectivity index (χ0v) is 32.2. The predicted molar refractivity (Wildman–Crippen MR) is 214 cm³/mol. The average Bonchev–Trinajstić information content (AvgIpc) is 3.80. The number of aliphatic hydroxyl groups is 1. The van der Waals surface area contributed by atoms with Gasteiger partial charge in [-0.2, -0.15) is 4.98 Å². The second kappa shape index (κ2) is 15.3. The first-order valence-electron chi connectivity index (χ1n) is 19.4. The van der Waals surface area contributed by atoms with Crippen LogP contribution in [0.15, 0.2) is 78.2 Å². The Labute approximate surface area is 333 Å². The lowest BCUT2D eigenvalue weighted by atomic mass is 9.98. The third-order valence-corrected chi connectivity index (χ3v) is 11.1. The van der Waals surface area contributed by atoms with Crippen molar-refractivity contribution in [3.63, 3.8) is 0 Å². The number of carbonyl (C=O) groups is 4. The van der Waals surface area contributed by atoms with Crippen LogP contribution in [0.1, 0.15) is 77.4 Å². The van der Waals surface area contributed by atoms with E-state index in [9.17, 15) is 29.1 Å². The molecule has 1 aliphatic carbocycles. The number of anilines is 3. The van der Waals surface area contributed by atoms with Gasteiger partial charge >= 0.3 is 0 Å². The lowest BCUT2D eigenvalue weighted by Gasteiger charge is -2.27. The summed E-state index contributed by atoms with van der Waals surface area (Å²) < 4.78 is 9.16. The Morgan fingerprint density at radius 1 is 1.03 bits per heavy atom. The molecule has 16 nitrogen and oxygen atoms in total. The number of piperidine rings is 1. The van der Waals surface area contributed by atoms with Crippen LogP contribution < -0.4 is 25.8 Å². The van der Waals surface area contributed by atoms with Crippen molar-refractivity contribution in [2.75, 3.05) is 30.4 Å². The summed E-state index contributed by atoms with van der Waals surface area (Å²) >= 11 is 0. The summed E-state index contributed by atoms with van der Waals surface area (Å²) in [7, 11) is 1.99. The van der Waals surface area contributed by atoms with Gasteiger partial charge in [-0.25, -0.2) is 19.3 Å². The monoisotopic (exact) mass is 785 g/mol. The number of nitrogens with zero attached hydrogens (tertiary/aromatic N) is 7. The molecule has 4 amide bonds. The highest BCUT2D eigenvalue weighted by Crippen LogP contribution is 2.39. The summed E-state index contributed by atoms with van der Waals surface area (Å²) in [6.45, 7) is 7.02. The molecule has 0 radical (unpaired) electrons. The molecule has 0 spiro atoms. The van der Waals surface area contributed by atoms with Gasteiger partial charge in [-0.15, -0.1) is 6.58 Å². The smallest absolute Gasteiger partial charge is 0.278 e. The number of unbranched alkanes of at least 4 members (excludes halogenated alkanes) is 1. The molecule has 1 fully saturated rings. The number of hydrogen-bond acceptors (Lipinski definition) is 12. The van der Waals surface area contributed by atoms with Crippen LogP contribution in [0.2, 0.25) is 0 Å². The van der Waals surface area contributed by atoms with Crippen LogP contribution in [-0.2, 0) is 28.2 Å². The fourth-order valence-corrected chi connectivity index (χ4v) is 7.91. The number of rotatable bonds is 14. The SMILES string of the molecule is C=CCn1c(=O)c2cnc(Nc3ccc(N(C)CCCCOc4cccc5c4C(=O)N(C4CCC(=O)NC4=O)C5=O)cc3)nc2n1-c1ccc2c(n1)[C@@](O)(CC)CC2. The number of amides is 4. The average molecular weight is 786 g/mol. The van der Waals surface area contributed by atoms with Gasteiger partial charge < -0.3 is 20.1 Å². The number of fused-ring (bicyclic) bond motifs is 3. The van der Waals surface area contributed by atoms with Crippen LogP contribution in [0, 0.1) is 0 Å². The molecule has 0 bridgehead atoms. The minimum atomic E-state index is -1.04. The van der Waals surface area contributed by atoms with Gasteiger partial charge in [-0.1, -0.05) is 25.1 Å². The van der Waals surface area contributed by atoms with Gasteiger partial charge in [0.15, 0.2) is 11.5 Å². The molecule has 1 unspecified atom stereocenters. The Hall–Kier alpha value is -6.68. The van der Waals surface area contributed by atoms with E-state index in [1.807, 2.05) is 50.4 Å². The van der Waals surface area contributed by atoms with Crippen LogP contribution in [0.4, 0.5) is 17.3 Å². The highest BCUT2D eigenvalue weighted by atomic mass is 16.5. The van der Waals surface area contributed by atoms with E-state index >= 15 is 0 Å². The summed E-state index contributed by atoms with van der Waals surface area (Å²) in [5.41, 5.74) is 2.74. The van der Waals surface area contributed by atoms with Gasteiger partial charge in [0.25, 0.3) is 17.4 Å². The lowest BCUT2D eigenvalue weighted by Crippen LogP contribution is -2.54. The summed E-state index contributed by atoms with van der Waals surface area (Å²) in [6, 6.07) is 15.4.